The number of nitrogens with two attached hydrogens (primary N) is 2. The smallest absolute Gasteiger partial charge is 0.286 e. The van der Waals surface area contributed by atoms with Gasteiger partial charge in [0.15, 0.2) is 5.82 Å². The van der Waals surface area contributed by atoms with Gasteiger partial charge in [-0.25, -0.2) is 9.97 Å². The Balaban J connectivity index is 2.14. The van der Waals surface area contributed by atoms with Gasteiger partial charge in [0.25, 0.3) is 5.91 Å². The molecule has 0 saturated carbocycles. The zero-order chi connectivity index (χ0) is 13.0. The summed E-state index contributed by atoms with van der Waals surface area (Å²) in [4.78, 5) is 18.7. The van der Waals surface area contributed by atoms with Gasteiger partial charge in [-0.05, 0) is 5.56 Å². The fraction of sp³-hybridized carbons (Fsp3) is 0.0833. The first kappa shape index (κ1) is 11.8. The van der Waals surface area contributed by atoms with Crippen LogP contribution in [0.4, 0.5) is 11.5 Å². The van der Waals surface area contributed by atoms with Crippen LogP contribution >= 0.6 is 0 Å². The zero-order valence-corrected chi connectivity index (χ0v) is 9.63. The molecule has 2 rings (SSSR count). The van der Waals surface area contributed by atoms with Crippen molar-refractivity contribution in [2.45, 2.75) is 6.54 Å². The Kier molecular flexibility index (Phi) is 3.38. The van der Waals surface area contributed by atoms with Gasteiger partial charge in [-0.3, -0.25) is 4.79 Å². The molecule has 0 bridgehead atoms. The minimum atomic E-state index is -0.683. The van der Waals surface area contributed by atoms with Gasteiger partial charge in [-0.1, -0.05) is 30.3 Å². The molecule has 92 valence electrons. The lowest BCUT2D eigenvalue weighted by molar-refractivity contribution is 0.0990. The predicted molar refractivity (Wildman–Crippen MR) is 68.7 cm³/mol. The lowest BCUT2D eigenvalue weighted by Gasteiger charge is -2.08. The Morgan fingerprint density at radius 2 is 2.00 bits per heavy atom. The summed E-state index contributed by atoms with van der Waals surface area (Å²) >= 11 is 0. The fourth-order valence-electron chi connectivity index (χ4n) is 1.43. The van der Waals surface area contributed by atoms with Crippen LogP contribution in [0.2, 0.25) is 0 Å². The van der Waals surface area contributed by atoms with E-state index >= 15 is 0 Å². The van der Waals surface area contributed by atoms with Crippen molar-refractivity contribution in [1.82, 2.24) is 9.97 Å². The lowest BCUT2D eigenvalue weighted by atomic mass is 10.2. The van der Waals surface area contributed by atoms with Crippen molar-refractivity contribution in [3.05, 3.63) is 47.9 Å². The van der Waals surface area contributed by atoms with Gasteiger partial charge in [0.05, 0.1) is 11.9 Å². The molecule has 0 atom stereocenters. The number of anilines is 2. The van der Waals surface area contributed by atoms with E-state index in [0.717, 1.165) is 5.56 Å². The second-order valence-corrected chi connectivity index (χ2v) is 3.70. The molecule has 0 unspecified atom stereocenters. The molecule has 1 aromatic carbocycles. The van der Waals surface area contributed by atoms with Crippen LogP contribution in [0.3, 0.4) is 0 Å². The number of aromatic nitrogens is 2. The summed E-state index contributed by atoms with van der Waals surface area (Å²) in [6, 6.07) is 9.76. The van der Waals surface area contributed by atoms with E-state index < -0.39 is 5.91 Å². The third-order valence-electron chi connectivity index (χ3n) is 2.34. The van der Waals surface area contributed by atoms with Crippen molar-refractivity contribution in [1.29, 1.82) is 0 Å². The van der Waals surface area contributed by atoms with E-state index in [1.54, 1.807) is 0 Å². The van der Waals surface area contributed by atoms with E-state index in [4.69, 9.17) is 11.5 Å². The summed E-state index contributed by atoms with van der Waals surface area (Å²) < 4.78 is 0. The Bertz CT molecular complexity index is 556. The molecule has 1 amide bonds. The van der Waals surface area contributed by atoms with Crippen molar-refractivity contribution in [3.63, 3.8) is 0 Å². The van der Waals surface area contributed by atoms with E-state index in [0.29, 0.717) is 18.1 Å². The Hall–Kier alpha value is -2.63. The van der Waals surface area contributed by atoms with Gasteiger partial charge in [0.2, 0.25) is 5.82 Å². The highest BCUT2D eigenvalue weighted by molar-refractivity contribution is 5.89. The van der Waals surface area contributed by atoms with Crippen LogP contribution in [0.5, 0.6) is 0 Å². The van der Waals surface area contributed by atoms with Crippen molar-refractivity contribution in [3.8, 4) is 0 Å². The number of rotatable bonds is 4. The average Bonchev–Trinajstić information content (AvgIpc) is 2.38. The van der Waals surface area contributed by atoms with Crippen LogP contribution in [0.1, 0.15) is 16.2 Å². The van der Waals surface area contributed by atoms with Gasteiger partial charge >= 0.3 is 0 Å². The summed E-state index contributed by atoms with van der Waals surface area (Å²) in [7, 11) is 0. The Morgan fingerprint density at radius 1 is 1.28 bits per heavy atom. The number of amides is 1. The van der Waals surface area contributed by atoms with Crippen molar-refractivity contribution < 1.29 is 4.79 Å². The van der Waals surface area contributed by atoms with Crippen LogP contribution in [-0.2, 0) is 6.54 Å². The molecule has 0 aliphatic rings. The first-order chi connectivity index (χ1) is 8.66. The Morgan fingerprint density at radius 3 is 2.67 bits per heavy atom. The molecular formula is C12H13N5O. The van der Waals surface area contributed by atoms with E-state index in [1.165, 1.54) is 6.20 Å². The summed E-state index contributed by atoms with van der Waals surface area (Å²) in [5.41, 5.74) is 12.3. The molecule has 1 heterocycles. The number of hydrogen-bond donors (Lipinski definition) is 3. The first-order valence-electron chi connectivity index (χ1n) is 5.37. The summed E-state index contributed by atoms with van der Waals surface area (Å²) in [6.07, 6.45) is 1.36. The van der Waals surface area contributed by atoms with E-state index in [1.807, 2.05) is 30.3 Å². The third kappa shape index (κ3) is 2.73. The first-order valence-corrected chi connectivity index (χ1v) is 5.37. The molecule has 6 nitrogen and oxygen atoms in total. The molecule has 18 heavy (non-hydrogen) atoms. The highest BCUT2D eigenvalue weighted by Crippen LogP contribution is 2.14. The standard InChI is InChI=1S/C12H13N5O/c13-9-7-16-12(10(14)18)17-11(9)15-6-8-4-2-1-3-5-8/h1-5,7H,6,13H2,(H2,14,18)(H,15,16,17). The normalized spacial score (nSPS) is 10.0. The number of nitrogens with one attached hydrogen (secondary N) is 1. The summed E-state index contributed by atoms with van der Waals surface area (Å²) in [5.74, 6) is -0.333. The van der Waals surface area contributed by atoms with Crippen LogP contribution in [0.15, 0.2) is 36.5 Å². The van der Waals surface area contributed by atoms with Gasteiger partial charge in [-0.2, -0.15) is 0 Å². The molecule has 0 spiro atoms. The predicted octanol–water partition coefficient (Wildman–Crippen LogP) is 0.770. The van der Waals surface area contributed by atoms with Crippen LogP contribution in [0, 0.1) is 0 Å². The van der Waals surface area contributed by atoms with E-state index in [-0.39, 0.29) is 5.82 Å². The molecule has 0 saturated heterocycles. The van der Waals surface area contributed by atoms with Crippen LogP contribution < -0.4 is 16.8 Å². The largest absolute Gasteiger partial charge is 0.394 e. The summed E-state index contributed by atoms with van der Waals surface area (Å²) in [6.45, 7) is 0.556. The van der Waals surface area contributed by atoms with Gasteiger partial charge in [-0.15, -0.1) is 0 Å². The number of nitrogens with zero attached hydrogens (tertiary/aromatic N) is 2. The van der Waals surface area contributed by atoms with Gasteiger partial charge in [0, 0.05) is 6.54 Å². The number of primary amides is 1. The molecule has 2 aromatic rings. The molecule has 0 fully saturated rings. The maximum Gasteiger partial charge on any atom is 0.286 e. The SMILES string of the molecule is NC(=O)c1ncc(N)c(NCc2ccccc2)n1. The molecule has 1 aromatic heterocycles. The van der Waals surface area contributed by atoms with E-state index in [9.17, 15) is 4.79 Å². The molecular weight excluding hydrogens is 230 g/mol. The van der Waals surface area contributed by atoms with Crippen molar-refractivity contribution in [2.75, 3.05) is 11.1 Å². The molecule has 5 N–H and O–H groups in total. The number of carbonyl (C=O) groups is 1. The molecule has 0 radical (unpaired) electrons. The fourth-order valence-corrected chi connectivity index (χ4v) is 1.43. The monoisotopic (exact) mass is 243 g/mol. The second-order valence-electron chi connectivity index (χ2n) is 3.70. The number of nitrogen functional groups attached to an aromatic ring is 1. The van der Waals surface area contributed by atoms with Crippen molar-refractivity contribution >= 4 is 17.4 Å². The molecule has 0 aliphatic carbocycles. The van der Waals surface area contributed by atoms with Gasteiger partial charge in [0.1, 0.15) is 0 Å². The number of carbonyl (C=O) groups excluding carboxylic acids is 1. The second kappa shape index (κ2) is 5.13. The molecule has 6 heteroatoms. The highest BCUT2D eigenvalue weighted by atomic mass is 16.1. The quantitative estimate of drug-likeness (QED) is 0.735. The average molecular weight is 243 g/mol. The third-order valence-corrected chi connectivity index (χ3v) is 2.34. The highest BCUT2D eigenvalue weighted by Gasteiger charge is 2.08. The van der Waals surface area contributed by atoms with Gasteiger partial charge < -0.3 is 16.8 Å². The van der Waals surface area contributed by atoms with Crippen LogP contribution in [-0.4, -0.2) is 15.9 Å². The maximum atomic E-state index is 11.0. The van der Waals surface area contributed by atoms with E-state index in [2.05, 4.69) is 15.3 Å². The number of hydrogen-bond acceptors (Lipinski definition) is 5. The van der Waals surface area contributed by atoms with Crippen molar-refractivity contribution in [2.24, 2.45) is 5.73 Å². The van der Waals surface area contributed by atoms with Crippen LogP contribution in [0.25, 0.3) is 0 Å². The topological polar surface area (TPSA) is 107 Å². The Labute approximate surface area is 104 Å². The summed E-state index contributed by atoms with van der Waals surface area (Å²) in [5, 5.41) is 3.04. The zero-order valence-electron chi connectivity index (χ0n) is 9.63. The number of benzene rings is 1. The minimum Gasteiger partial charge on any atom is -0.394 e. The maximum absolute atomic E-state index is 11.0. The molecule has 0 aliphatic heterocycles. The lowest BCUT2D eigenvalue weighted by Crippen LogP contribution is -2.17. The minimum absolute atomic E-state index is 0.0558.